The van der Waals surface area contributed by atoms with E-state index in [2.05, 4.69) is 10.7 Å². The minimum absolute atomic E-state index is 0.0579. The van der Waals surface area contributed by atoms with Crippen molar-refractivity contribution in [3.05, 3.63) is 22.7 Å². The summed E-state index contributed by atoms with van der Waals surface area (Å²) in [6, 6.07) is 0.792. The highest BCUT2D eigenvalue weighted by atomic mass is 16.6. The molecule has 0 bridgehead atoms. The van der Waals surface area contributed by atoms with Crippen molar-refractivity contribution < 1.29 is 34.8 Å². The van der Waals surface area contributed by atoms with Crippen molar-refractivity contribution in [1.29, 1.82) is 0 Å². The van der Waals surface area contributed by atoms with Gasteiger partial charge >= 0.3 is 11.7 Å². The van der Waals surface area contributed by atoms with Crippen molar-refractivity contribution in [2.75, 3.05) is 12.3 Å². The van der Waals surface area contributed by atoms with Gasteiger partial charge in [0.15, 0.2) is 23.6 Å². The van der Waals surface area contributed by atoms with Gasteiger partial charge in [0.25, 0.3) is 0 Å². The van der Waals surface area contributed by atoms with Crippen LogP contribution in [0.15, 0.2) is 17.1 Å². The van der Waals surface area contributed by atoms with Gasteiger partial charge in [-0.05, 0) is 6.92 Å². The maximum Gasteiger partial charge on any atom is 0.499 e. The number of nitrogens with two attached hydrogens (primary N) is 1. The number of hydrogen-bond donors (Lipinski definition) is 5. The summed E-state index contributed by atoms with van der Waals surface area (Å²) in [7, 11) is 0. The number of ether oxygens (including phenoxy) is 2. The Hall–Kier alpha value is -2.01. The van der Waals surface area contributed by atoms with E-state index >= 15 is 0 Å². The Labute approximate surface area is 144 Å². The second-order valence-corrected chi connectivity index (χ2v) is 6.75. The highest BCUT2D eigenvalue weighted by molar-refractivity contribution is 5.74. The number of aromatic amines is 1. The monoisotopic (exact) mass is 358 g/mol. The van der Waals surface area contributed by atoms with E-state index in [-0.39, 0.29) is 11.7 Å². The molecule has 1 aromatic rings. The number of aliphatic hydroxyl groups is 2. The van der Waals surface area contributed by atoms with Crippen molar-refractivity contribution in [2.45, 2.75) is 50.8 Å². The van der Waals surface area contributed by atoms with Gasteiger partial charge in [-0.2, -0.15) is 14.3 Å². The molecule has 0 amide bonds. The zero-order valence-corrected chi connectivity index (χ0v) is 14.5. The van der Waals surface area contributed by atoms with Crippen LogP contribution in [0, 0.1) is 5.92 Å². The van der Waals surface area contributed by atoms with Crippen molar-refractivity contribution in [1.82, 2.24) is 4.98 Å². The van der Waals surface area contributed by atoms with Crippen LogP contribution < -0.4 is 21.7 Å². The quantitative estimate of drug-likeness (QED) is 0.277. The van der Waals surface area contributed by atoms with Gasteiger partial charge in [0.1, 0.15) is 12.3 Å². The van der Waals surface area contributed by atoms with Crippen LogP contribution in [0.4, 0.5) is 5.82 Å². The largest absolute Gasteiger partial charge is 0.499 e. The summed E-state index contributed by atoms with van der Waals surface area (Å²) in [5.74, 6) is -0.519. The number of H-pyrrole nitrogens is 1. The molecule has 25 heavy (non-hydrogen) atoms. The fourth-order valence-corrected chi connectivity index (χ4v) is 2.70. The highest BCUT2D eigenvalue weighted by Gasteiger charge is 2.59. The van der Waals surface area contributed by atoms with Crippen LogP contribution in [-0.4, -0.2) is 51.6 Å². The lowest BCUT2D eigenvalue weighted by Gasteiger charge is -2.28. The van der Waals surface area contributed by atoms with Gasteiger partial charge in [-0.15, -0.1) is 0 Å². The summed E-state index contributed by atoms with van der Waals surface area (Å²) >= 11 is 0. The van der Waals surface area contributed by atoms with E-state index in [0.717, 1.165) is 4.57 Å². The van der Waals surface area contributed by atoms with Crippen LogP contribution in [0.5, 0.6) is 0 Å². The number of carbonyl (C=O) groups excluding carboxylic acids is 1. The molecular weight excluding hydrogens is 332 g/mol. The molecule has 0 radical (unpaired) electrons. The van der Waals surface area contributed by atoms with Crippen LogP contribution in [0.25, 0.3) is 0 Å². The van der Waals surface area contributed by atoms with E-state index in [1.165, 1.54) is 19.2 Å². The standard InChI is InChI=1S/C15H24N4O6/c1-7(2)10(17)12(21)25-11-8(6-20)24-13(15(11,3)23)19-5-4-9(16)18-14(19)22/h4-5,7-8,10-11,13,20,23H,6,17H2,1-3H3,(H2,16,18,22)/p+2/t8-,10+,11-,13-,15-/m1/s1. The predicted octanol–water partition coefficient (Wildman–Crippen LogP) is -2.94. The van der Waals surface area contributed by atoms with Crippen LogP contribution in [0.1, 0.15) is 27.0 Å². The third kappa shape index (κ3) is 3.66. The summed E-state index contributed by atoms with van der Waals surface area (Å²) in [6.07, 6.45) is -1.98. The number of aliphatic hydroxyl groups excluding tert-OH is 1. The minimum Gasteiger partial charge on any atom is -0.452 e. The lowest BCUT2D eigenvalue weighted by Crippen LogP contribution is -2.69. The topological polar surface area (TPSA) is 166 Å². The molecule has 0 aromatic carbocycles. The molecule has 2 heterocycles. The average Bonchev–Trinajstić information content (AvgIpc) is 2.77. The molecule has 2 rings (SSSR count). The predicted molar refractivity (Wildman–Crippen MR) is 84.7 cm³/mol. The third-order valence-electron chi connectivity index (χ3n) is 4.40. The Morgan fingerprint density at radius 1 is 1.60 bits per heavy atom. The van der Waals surface area contributed by atoms with Gasteiger partial charge in [0.2, 0.25) is 6.23 Å². The first kappa shape index (κ1) is 19.3. The first-order valence-corrected chi connectivity index (χ1v) is 8.01. The Kier molecular flexibility index (Phi) is 5.47. The van der Waals surface area contributed by atoms with E-state index in [1.54, 1.807) is 0 Å². The fourth-order valence-electron chi connectivity index (χ4n) is 2.70. The normalized spacial score (nSPS) is 30.4. The number of anilines is 1. The molecule has 10 nitrogen and oxygen atoms in total. The number of rotatable bonds is 5. The molecule has 10 heteroatoms. The fraction of sp³-hybridized carbons (Fsp3) is 0.667. The molecule has 0 aliphatic carbocycles. The second-order valence-electron chi connectivity index (χ2n) is 6.75. The molecule has 1 aliphatic heterocycles. The summed E-state index contributed by atoms with van der Waals surface area (Å²) in [5, 5.41) is 20.4. The smallest absolute Gasteiger partial charge is 0.452 e. The molecule has 5 atom stereocenters. The van der Waals surface area contributed by atoms with Crippen LogP contribution in [-0.2, 0) is 14.3 Å². The highest BCUT2D eigenvalue weighted by Crippen LogP contribution is 2.36. The molecular formula is C15H26N4O6+2. The zero-order valence-electron chi connectivity index (χ0n) is 14.5. The summed E-state index contributed by atoms with van der Waals surface area (Å²) in [5.41, 5.74) is 6.90. The summed E-state index contributed by atoms with van der Waals surface area (Å²) in [6.45, 7) is 4.51. The third-order valence-corrected chi connectivity index (χ3v) is 4.40. The van der Waals surface area contributed by atoms with Crippen LogP contribution in [0.3, 0.4) is 0 Å². The Balaban J connectivity index is 2.32. The van der Waals surface area contributed by atoms with Gasteiger partial charge in [-0.3, -0.25) is 0 Å². The molecule has 1 aliphatic rings. The Morgan fingerprint density at radius 3 is 2.76 bits per heavy atom. The molecule has 8 N–H and O–H groups in total. The maximum absolute atomic E-state index is 12.2. The lowest BCUT2D eigenvalue weighted by atomic mass is 9.95. The van der Waals surface area contributed by atoms with E-state index in [0.29, 0.717) is 0 Å². The van der Waals surface area contributed by atoms with Gasteiger partial charge in [0.05, 0.1) is 6.61 Å². The van der Waals surface area contributed by atoms with Crippen molar-refractivity contribution in [2.24, 2.45) is 5.92 Å². The molecule has 0 spiro atoms. The van der Waals surface area contributed by atoms with Crippen LogP contribution in [0.2, 0.25) is 0 Å². The summed E-state index contributed by atoms with van der Waals surface area (Å²) < 4.78 is 12.1. The minimum atomic E-state index is -1.76. The Bertz CT molecular complexity index is 689. The number of aromatic nitrogens is 2. The van der Waals surface area contributed by atoms with Crippen molar-refractivity contribution in [3.8, 4) is 0 Å². The number of carbonyl (C=O) groups is 1. The van der Waals surface area contributed by atoms with E-state index in [9.17, 15) is 19.8 Å². The maximum atomic E-state index is 12.2. The summed E-state index contributed by atoms with van der Waals surface area (Å²) in [4.78, 5) is 26.7. The molecule has 1 aromatic heterocycles. The van der Waals surface area contributed by atoms with Gasteiger partial charge in [-0.25, -0.2) is 4.79 Å². The van der Waals surface area contributed by atoms with Gasteiger partial charge in [-0.1, -0.05) is 13.8 Å². The first-order chi connectivity index (χ1) is 11.6. The van der Waals surface area contributed by atoms with Crippen LogP contribution >= 0.6 is 0 Å². The number of nitrogens with zero attached hydrogens (tertiary/aromatic N) is 1. The number of esters is 1. The first-order valence-electron chi connectivity index (χ1n) is 8.01. The molecule has 0 unspecified atom stereocenters. The lowest BCUT2D eigenvalue weighted by molar-refractivity contribution is -0.786. The molecule has 1 fully saturated rings. The van der Waals surface area contributed by atoms with Gasteiger partial charge < -0.3 is 31.2 Å². The number of hydrogen-bond acceptors (Lipinski definition) is 7. The van der Waals surface area contributed by atoms with Crippen molar-refractivity contribution >= 4 is 11.8 Å². The van der Waals surface area contributed by atoms with Gasteiger partial charge in [0, 0.05) is 12.0 Å². The zero-order chi connectivity index (χ0) is 18.9. The average molecular weight is 358 g/mol. The SMILES string of the molecule is CC(C)[C@H]([NH3+])C(=O)O[C@@H]1[C@@H](CO)O[C@@H]([n+]2ccc(N)[nH]c2=O)[C@]1(C)O. The number of nitrogen functional groups attached to an aromatic ring is 1. The van der Waals surface area contributed by atoms with Crippen molar-refractivity contribution in [3.63, 3.8) is 0 Å². The molecule has 0 saturated carbocycles. The molecule has 140 valence electrons. The van der Waals surface area contributed by atoms with E-state index in [1.807, 2.05) is 13.8 Å². The number of quaternary nitrogens is 1. The molecule has 1 saturated heterocycles. The second kappa shape index (κ2) is 7.08. The van der Waals surface area contributed by atoms with E-state index < -0.39 is 48.3 Å². The Morgan fingerprint density at radius 2 is 2.24 bits per heavy atom. The van der Waals surface area contributed by atoms with E-state index in [4.69, 9.17) is 15.2 Å². The number of nitrogens with one attached hydrogen (secondary N) is 1.